The van der Waals surface area contributed by atoms with Gasteiger partial charge in [-0.05, 0) is 66.8 Å². The molecule has 0 spiro atoms. The minimum absolute atomic E-state index is 0.0710. The van der Waals surface area contributed by atoms with Crippen molar-refractivity contribution >= 4 is 11.6 Å². The van der Waals surface area contributed by atoms with E-state index in [2.05, 4.69) is 36.1 Å². The Morgan fingerprint density at radius 2 is 1.63 bits per heavy atom. The van der Waals surface area contributed by atoms with Crippen LogP contribution in [0.2, 0.25) is 0 Å². The van der Waals surface area contributed by atoms with Gasteiger partial charge in [0.25, 0.3) is 5.91 Å². The van der Waals surface area contributed by atoms with Crippen molar-refractivity contribution in [3.05, 3.63) is 72.1 Å². The Hall–Kier alpha value is -3.41. The summed E-state index contributed by atoms with van der Waals surface area (Å²) in [6, 6.07) is 15.2. The first-order valence-electron chi connectivity index (χ1n) is 9.86. The summed E-state index contributed by atoms with van der Waals surface area (Å²) in [5.41, 5.74) is 2.84. The maximum atomic E-state index is 12.6. The lowest BCUT2D eigenvalue weighted by molar-refractivity contribution is -0.122. The molecule has 1 amide bonds. The highest BCUT2D eigenvalue weighted by atomic mass is 16.5. The van der Waals surface area contributed by atoms with Crippen LogP contribution < -0.4 is 14.8 Å². The van der Waals surface area contributed by atoms with Gasteiger partial charge in [-0.2, -0.15) is 0 Å². The molecule has 1 aromatic heterocycles. The molecule has 0 aliphatic heterocycles. The summed E-state index contributed by atoms with van der Waals surface area (Å²) in [5, 5.41) is 2.91. The maximum absolute atomic E-state index is 12.6. The van der Waals surface area contributed by atoms with Crippen molar-refractivity contribution in [1.29, 1.82) is 0 Å². The molecule has 6 nitrogen and oxygen atoms in total. The topological polar surface area (TPSA) is 73.3 Å². The SMILES string of the molecule is Cc1cc(Oc2ncccn2)ccc1NC(=O)[C@@H](C)Oc1ccc(C(C)(C)C)cc1. The minimum Gasteiger partial charge on any atom is -0.481 e. The van der Waals surface area contributed by atoms with Crippen molar-refractivity contribution < 1.29 is 14.3 Å². The predicted octanol–water partition coefficient (Wildman–Crippen LogP) is 5.28. The third kappa shape index (κ3) is 5.56. The van der Waals surface area contributed by atoms with Gasteiger partial charge < -0.3 is 14.8 Å². The van der Waals surface area contributed by atoms with Gasteiger partial charge in [-0.1, -0.05) is 32.9 Å². The van der Waals surface area contributed by atoms with Crippen molar-refractivity contribution in [2.24, 2.45) is 0 Å². The summed E-state index contributed by atoms with van der Waals surface area (Å²) in [4.78, 5) is 20.7. The van der Waals surface area contributed by atoms with E-state index in [1.165, 1.54) is 5.56 Å². The summed E-state index contributed by atoms with van der Waals surface area (Å²) in [6.07, 6.45) is 2.59. The first kappa shape index (κ1) is 21.3. The lowest BCUT2D eigenvalue weighted by Crippen LogP contribution is -2.30. The first-order valence-corrected chi connectivity index (χ1v) is 9.86. The average Bonchev–Trinajstić information content (AvgIpc) is 2.70. The molecule has 3 rings (SSSR count). The van der Waals surface area contributed by atoms with Crippen LogP contribution in [0, 0.1) is 6.92 Å². The predicted molar refractivity (Wildman–Crippen MR) is 117 cm³/mol. The van der Waals surface area contributed by atoms with Crippen LogP contribution in [0.4, 0.5) is 5.69 Å². The summed E-state index contributed by atoms with van der Waals surface area (Å²) < 4.78 is 11.4. The smallest absolute Gasteiger partial charge is 0.321 e. The fraction of sp³-hybridized carbons (Fsp3) is 0.292. The highest BCUT2D eigenvalue weighted by Gasteiger charge is 2.17. The largest absolute Gasteiger partial charge is 0.481 e. The normalized spacial score (nSPS) is 12.2. The molecule has 0 unspecified atom stereocenters. The van der Waals surface area contributed by atoms with Crippen LogP contribution in [0.3, 0.4) is 0 Å². The molecule has 0 bridgehead atoms. The number of hydrogen-bond donors (Lipinski definition) is 1. The Morgan fingerprint density at radius 1 is 1.00 bits per heavy atom. The van der Waals surface area contributed by atoms with E-state index in [4.69, 9.17) is 9.47 Å². The Balaban J connectivity index is 1.60. The zero-order valence-corrected chi connectivity index (χ0v) is 18.0. The number of nitrogens with one attached hydrogen (secondary N) is 1. The lowest BCUT2D eigenvalue weighted by Gasteiger charge is -2.20. The second kappa shape index (κ2) is 8.95. The highest BCUT2D eigenvalue weighted by molar-refractivity contribution is 5.94. The summed E-state index contributed by atoms with van der Waals surface area (Å²) in [7, 11) is 0. The summed E-state index contributed by atoms with van der Waals surface area (Å²) in [6.45, 7) is 10.1. The molecule has 1 heterocycles. The van der Waals surface area contributed by atoms with Gasteiger partial charge in [-0.15, -0.1) is 0 Å². The molecular formula is C24H27N3O3. The van der Waals surface area contributed by atoms with Gasteiger partial charge in [0.05, 0.1) is 0 Å². The molecule has 0 fully saturated rings. The molecule has 0 aliphatic carbocycles. The molecule has 0 aliphatic rings. The van der Waals surface area contributed by atoms with E-state index in [9.17, 15) is 4.79 Å². The van der Waals surface area contributed by atoms with Crippen molar-refractivity contribution in [3.8, 4) is 17.5 Å². The third-order valence-electron chi connectivity index (χ3n) is 4.61. The number of nitrogens with zero attached hydrogens (tertiary/aromatic N) is 2. The zero-order chi connectivity index (χ0) is 21.7. The van der Waals surface area contributed by atoms with E-state index in [1.54, 1.807) is 37.5 Å². The van der Waals surface area contributed by atoms with Crippen LogP contribution in [-0.4, -0.2) is 22.0 Å². The second-order valence-electron chi connectivity index (χ2n) is 8.13. The number of carbonyl (C=O) groups is 1. The number of benzene rings is 2. The zero-order valence-electron chi connectivity index (χ0n) is 18.0. The molecule has 1 atom stereocenters. The minimum atomic E-state index is -0.640. The fourth-order valence-corrected chi connectivity index (χ4v) is 2.81. The third-order valence-corrected chi connectivity index (χ3v) is 4.61. The van der Waals surface area contributed by atoms with Crippen molar-refractivity contribution in [2.75, 3.05) is 5.32 Å². The second-order valence-corrected chi connectivity index (χ2v) is 8.13. The van der Waals surface area contributed by atoms with Crippen LogP contribution in [0.25, 0.3) is 0 Å². The number of anilines is 1. The van der Waals surface area contributed by atoms with Gasteiger partial charge >= 0.3 is 6.01 Å². The Bertz CT molecular complexity index is 996. The van der Waals surface area contributed by atoms with Gasteiger partial charge in [0.15, 0.2) is 6.10 Å². The lowest BCUT2D eigenvalue weighted by atomic mass is 9.87. The molecule has 156 valence electrons. The van der Waals surface area contributed by atoms with Crippen LogP contribution in [0.5, 0.6) is 17.5 Å². The van der Waals surface area contributed by atoms with E-state index in [0.717, 1.165) is 5.56 Å². The highest BCUT2D eigenvalue weighted by Crippen LogP contribution is 2.26. The standard InChI is InChI=1S/C24H27N3O3/c1-16-15-20(30-23-25-13-6-14-26-23)11-12-21(16)27-22(28)17(2)29-19-9-7-18(8-10-19)24(3,4)5/h6-15,17H,1-5H3,(H,27,28)/t17-/m1/s1. The molecule has 0 radical (unpaired) electrons. The van der Waals surface area contributed by atoms with Gasteiger partial charge in [0.2, 0.25) is 0 Å². The average molecular weight is 405 g/mol. The van der Waals surface area contributed by atoms with Crippen LogP contribution in [-0.2, 0) is 10.2 Å². The van der Waals surface area contributed by atoms with E-state index in [-0.39, 0.29) is 17.3 Å². The number of hydrogen-bond acceptors (Lipinski definition) is 5. The first-order chi connectivity index (χ1) is 14.2. The Labute approximate surface area is 177 Å². The molecule has 1 N–H and O–H groups in total. The number of carbonyl (C=O) groups excluding carboxylic acids is 1. The van der Waals surface area contributed by atoms with Gasteiger partial charge in [0, 0.05) is 18.1 Å². The van der Waals surface area contributed by atoms with Gasteiger partial charge in [-0.3, -0.25) is 4.79 Å². The molecule has 6 heteroatoms. The van der Waals surface area contributed by atoms with Crippen LogP contribution >= 0.6 is 0 Å². The monoisotopic (exact) mass is 405 g/mol. The van der Waals surface area contributed by atoms with E-state index < -0.39 is 6.10 Å². The summed E-state index contributed by atoms with van der Waals surface area (Å²) >= 11 is 0. The van der Waals surface area contributed by atoms with Crippen molar-refractivity contribution in [2.45, 2.75) is 46.1 Å². The Kier molecular flexibility index (Phi) is 6.35. The molecule has 3 aromatic rings. The molecule has 30 heavy (non-hydrogen) atoms. The maximum Gasteiger partial charge on any atom is 0.321 e. The van der Waals surface area contributed by atoms with E-state index in [0.29, 0.717) is 17.2 Å². The van der Waals surface area contributed by atoms with Crippen LogP contribution in [0.15, 0.2) is 60.9 Å². The fourth-order valence-electron chi connectivity index (χ4n) is 2.81. The van der Waals surface area contributed by atoms with E-state index >= 15 is 0 Å². The van der Waals surface area contributed by atoms with Crippen LogP contribution in [0.1, 0.15) is 38.8 Å². The number of ether oxygens (including phenoxy) is 2. The molecule has 0 saturated carbocycles. The van der Waals surface area contributed by atoms with Gasteiger partial charge in [-0.25, -0.2) is 9.97 Å². The number of aryl methyl sites for hydroxylation is 1. The summed E-state index contributed by atoms with van der Waals surface area (Å²) in [5.74, 6) is 1.03. The Morgan fingerprint density at radius 3 is 2.23 bits per heavy atom. The van der Waals surface area contributed by atoms with E-state index in [1.807, 2.05) is 37.3 Å². The quantitative estimate of drug-likeness (QED) is 0.604. The van der Waals surface area contributed by atoms with Gasteiger partial charge in [0.1, 0.15) is 11.5 Å². The number of rotatable bonds is 6. The van der Waals surface area contributed by atoms with Crippen molar-refractivity contribution in [3.63, 3.8) is 0 Å². The molecule has 0 saturated heterocycles. The number of amides is 1. The molecule has 2 aromatic carbocycles. The molecular weight excluding hydrogens is 378 g/mol. The number of aromatic nitrogens is 2. The van der Waals surface area contributed by atoms with Crippen molar-refractivity contribution in [1.82, 2.24) is 9.97 Å².